The Kier molecular flexibility index (Phi) is 7.69. The smallest absolute Gasteiger partial charge is 0.233 e. The van der Waals surface area contributed by atoms with E-state index < -0.39 is 0 Å². The highest BCUT2D eigenvalue weighted by atomic mass is 35.5. The maximum absolute atomic E-state index is 12.6. The van der Waals surface area contributed by atoms with Gasteiger partial charge in [0.1, 0.15) is 0 Å². The fourth-order valence-electron chi connectivity index (χ4n) is 2.74. The SMILES string of the molecule is COCCn1c(SC(C)C(=O)NCc2ccccc2Cl)nnc1-c1ccccc1. The van der Waals surface area contributed by atoms with Gasteiger partial charge >= 0.3 is 0 Å². The molecule has 1 heterocycles. The lowest BCUT2D eigenvalue weighted by atomic mass is 10.2. The first kappa shape index (κ1) is 21.4. The van der Waals surface area contributed by atoms with Crippen molar-refractivity contribution in [2.45, 2.75) is 30.4 Å². The van der Waals surface area contributed by atoms with Crippen molar-refractivity contribution in [2.75, 3.05) is 13.7 Å². The first-order valence-electron chi connectivity index (χ1n) is 9.25. The zero-order valence-electron chi connectivity index (χ0n) is 16.3. The molecule has 0 aliphatic carbocycles. The van der Waals surface area contributed by atoms with E-state index in [0.717, 1.165) is 17.0 Å². The maximum atomic E-state index is 12.6. The molecule has 1 aromatic heterocycles. The van der Waals surface area contributed by atoms with Crippen molar-refractivity contribution in [2.24, 2.45) is 0 Å². The van der Waals surface area contributed by atoms with Gasteiger partial charge in [0.05, 0.1) is 18.4 Å². The Labute approximate surface area is 179 Å². The van der Waals surface area contributed by atoms with E-state index in [0.29, 0.717) is 29.9 Å². The molecular weight excluding hydrogens is 408 g/mol. The number of aromatic nitrogens is 3. The van der Waals surface area contributed by atoms with Crippen molar-refractivity contribution in [3.63, 3.8) is 0 Å². The van der Waals surface area contributed by atoms with Crippen molar-refractivity contribution in [1.82, 2.24) is 20.1 Å². The topological polar surface area (TPSA) is 69.0 Å². The molecule has 8 heteroatoms. The molecule has 0 bridgehead atoms. The number of methoxy groups -OCH3 is 1. The molecule has 1 atom stereocenters. The summed E-state index contributed by atoms with van der Waals surface area (Å²) >= 11 is 7.53. The van der Waals surface area contributed by atoms with E-state index in [4.69, 9.17) is 16.3 Å². The van der Waals surface area contributed by atoms with Gasteiger partial charge < -0.3 is 10.1 Å². The highest BCUT2D eigenvalue weighted by Gasteiger charge is 2.20. The van der Waals surface area contributed by atoms with E-state index in [1.54, 1.807) is 7.11 Å². The van der Waals surface area contributed by atoms with E-state index in [9.17, 15) is 4.79 Å². The molecule has 2 aromatic carbocycles. The Morgan fingerprint density at radius 3 is 2.62 bits per heavy atom. The molecule has 29 heavy (non-hydrogen) atoms. The van der Waals surface area contributed by atoms with Gasteiger partial charge in [-0.05, 0) is 18.6 Å². The molecule has 3 aromatic rings. The van der Waals surface area contributed by atoms with Crippen LogP contribution in [0.5, 0.6) is 0 Å². The first-order chi connectivity index (χ1) is 14.1. The van der Waals surface area contributed by atoms with Crippen LogP contribution in [-0.4, -0.2) is 39.6 Å². The van der Waals surface area contributed by atoms with Crippen LogP contribution < -0.4 is 5.32 Å². The zero-order valence-corrected chi connectivity index (χ0v) is 17.9. The molecule has 152 valence electrons. The van der Waals surface area contributed by atoms with Gasteiger partial charge in [0.25, 0.3) is 0 Å². The molecule has 0 saturated carbocycles. The molecular formula is C21H23ClN4O2S. The third-order valence-electron chi connectivity index (χ3n) is 4.33. The molecule has 3 rings (SSSR count). The zero-order chi connectivity index (χ0) is 20.6. The highest BCUT2D eigenvalue weighted by Crippen LogP contribution is 2.27. The van der Waals surface area contributed by atoms with Gasteiger partial charge in [-0.2, -0.15) is 0 Å². The number of benzene rings is 2. The van der Waals surface area contributed by atoms with E-state index in [1.165, 1.54) is 11.8 Å². The normalized spacial score (nSPS) is 12.0. The van der Waals surface area contributed by atoms with Crippen LogP contribution in [0.15, 0.2) is 59.8 Å². The summed E-state index contributed by atoms with van der Waals surface area (Å²) in [7, 11) is 1.66. The van der Waals surface area contributed by atoms with Crippen molar-refractivity contribution < 1.29 is 9.53 Å². The van der Waals surface area contributed by atoms with E-state index in [2.05, 4.69) is 15.5 Å². The predicted molar refractivity (Wildman–Crippen MR) is 116 cm³/mol. The Morgan fingerprint density at radius 1 is 1.17 bits per heavy atom. The van der Waals surface area contributed by atoms with Gasteiger partial charge in [0, 0.05) is 24.2 Å². The van der Waals surface area contributed by atoms with Crippen LogP contribution in [0.1, 0.15) is 12.5 Å². The summed E-state index contributed by atoms with van der Waals surface area (Å²) in [5.74, 6) is 0.672. The number of halogens is 1. The number of amides is 1. The van der Waals surface area contributed by atoms with E-state index >= 15 is 0 Å². The predicted octanol–water partition coefficient (Wildman–Crippen LogP) is 4.04. The van der Waals surface area contributed by atoms with Crippen molar-refractivity contribution >= 4 is 29.3 Å². The molecule has 0 aliphatic heterocycles. The van der Waals surface area contributed by atoms with E-state index in [-0.39, 0.29) is 11.2 Å². The lowest BCUT2D eigenvalue weighted by molar-refractivity contribution is -0.120. The van der Waals surface area contributed by atoms with Crippen molar-refractivity contribution in [3.8, 4) is 11.4 Å². The second-order valence-electron chi connectivity index (χ2n) is 6.39. The van der Waals surface area contributed by atoms with Gasteiger partial charge in [-0.1, -0.05) is 71.9 Å². The number of ether oxygens (including phenoxy) is 1. The first-order valence-corrected chi connectivity index (χ1v) is 10.5. The monoisotopic (exact) mass is 430 g/mol. The van der Waals surface area contributed by atoms with Gasteiger partial charge in [0.2, 0.25) is 5.91 Å². The number of hydrogen-bond donors (Lipinski definition) is 1. The molecule has 1 unspecified atom stereocenters. The maximum Gasteiger partial charge on any atom is 0.233 e. The van der Waals surface area contributed by atoms with Gasteiger partial charge in [-0.3, -0.25) is 9.36 Å². The summed E-state index contributed by atoms with van der Waals surface area (Å²) < 4.78 is 7.22. The quantitative estimate of drug-likeness (QED) is 0.519. The summed E-state index contributed by atoms with van der Waals surface area (Å²) in [6, 6.07) is 17.3. The standard InChI is InChI=1S/C21H23ClN4O2S/c1-15(20(27)23-14-17-10-6-7-11-18(17)22)29-21-25-24-19(26(21)12-13-28-2)16-8-4-3-5-9-16/h3-11,15H,12-14H2,1-2H3,(H,23,27). The molecule has 0 fully saturated rings. The van der Waals surface area contributed by atoms with Gasteiger partial charge in [-0.15, -0.1) is 10.2 Å². The largest absolute Gasteiger partial charge is 0.383 e. The summed E-state index contributed by atoms with van der Waals surface area (Å²) in [6.45, 7) is 3.36. The second kappa shape index (κ2) is 10.4. The Bertz CT molecular complexity index is 949. The number of hydrogen-bond acceptors (Lipinski definition) is 5. The van der Waals surface area contributed by atoms with Crippen molar-refractivity contribution in [3.05, 3.63) is 65.2 Å². The summed E-state index contributed by atoms with van der Waals surface area (Å²) in [4.78, 5) is 12.6. The number of carbonyl (C=O) groups is 1. The highest BCUT2D eigenvalue weighted by molar-refractivity contribution is 8.00. The number of carbonyl (C=O) groups excluding carboxylic acids is 1. The van der Waals surface area contributed by atoms with Crippen LogP contribution in [-0.2, 0) is 22.6 Å². The summed E-state index contributed by atoms with van der Waals surface area (Å²) in [5, 5.41) is 12.6. The number of nitrogens with one attached hydrogen (secondary N) is 1. The Morgan fingerprint density at radius 2 is 1.90 bits per heavy atom. The molecule has 0 saturated heterocycles. The number of thioether (sulfide) groups is 1. The molecule has 6 nitrogen and oxygen atoms in total. The molecule has 0 aliphatic rings. The Hall–Kier alpha value is -2.35. The lowest BCUT2D eigenvalue weighted by Gasteiger charge is -2.14. The average molecular weight is 431 g/mol. The minimum Gasteiger partial charge on any atom is -0.383 e. The molecule has 0 spiro atoms. The van der Waals surface area contributed by atoms with Crippen LogP contribution in [0.2, 0.25) is 5.02 Å². The number of rotatable bonds is 9. The second-order valence-corrected chi connectivity index (χ2v) is 8.10. The van der Waals surface area contributed by atoms with Gasteiger partial charge in [-0.25, -0.2) is 0 Å². The minimum absolute atomic E-state index is 0.0857. The average Bonchev–Trinajstić information content (AvgIpc) is 3.14. The number of nitrogens with zero attached hydrogens (tertiary/aromatic N) is 3. The van der Waals surface area contributed by atoms with Crippen LogP contribution in [0.4, 0.5) is 0 Å². The molecule has 1 N–H and O–H groups in total. The third-order valence-corrected chi connectivity index (χ3v) is 5.78. The lowest BCUT2D eigenvalue weighted by Crippen LogP contribution is -2.30. The fourth-order valence-corrected chi connectivity index (χ4v) is 3.84. The molecule has 0 radical (unpaired) electrons. The van der Waals surface area contributed by atoms with Crippen LogP contribution >= 0.6 is 23.4 Å². The van der Waals surface area contributed by atoms with Gasteiger partial charge in [0.15, 0.2) is 11.0 Å². The van der Waals surface area contributed by atoms with E-state index in [1.807, 2.05) is 66.1 Å². The van der Waals surface area contributed by atoms with Crippen molar-refractivity contribution in [1.29, 1.82) is 0 Å². The third kappa shape index (κ3) is 5.59. The minimum atomic E-state index is -0.341. The summed E-state index contributed by atoms with van der Waals surface area (Å²) in [5.41, 5.74) is 1.85. The summed E-state index contributed by atoms with van der Waals surface area (Å²) in [6.07, 6.45) is 0. The van der Waals surface area contributed by atoms with Crippen LogP contribution in [0.25, 0.3) is 11.4 Å². The Balaban J connectivity index is 1.70. The fraction of sp³-hybridized carbons (Fsp3) is 0.286. The van der Waals surface area contributed by atoms with Crippen LogP contribution in [0, 0.1) is 0 Å². The van der Waals surface area contributed by atoms with Crippen LogP contribution in [0.3, 0.4) is 0 Å². The molecule has 1 amide bonds.